The lowest BCUT2D eigenvalue weighted by Crippen LogP contribution is -2.40. The fourth-order valence-corrected chi connectivity index (χ4v) is 1.87. The summed E-state index contributed by atoms with van der Waals surface area (Å²) in [6.07, 6.45) is 1.30. The molecule has 0 bridgehead atoms. The number of aromatic amines is 1. The molecule has 1 aromatic heterocycles. The highest BCUT2D eigenvalue weighted by atomic mass is 35.5. The predicted molar refractivity (Wildman–Crippen MR) is 81.7 cm³/mol. The van der Waals surface area contributed by atoms with Crippen LogP contribution in [0.15, 0.2) is 4.79 Å². The second-order valence-corrected chi connectivity index (χ2v) is 4.46. The van der Waals surface area contributed by atoms with Gasteiger partial charge in [0.15, 0.2) is 0 Å². The Hall–Kier alpha value is -1.40. The van der Waals surface area contributed by atoms with Gasteiger partial charge in [-0.15, -0.1) is 12.4 Å². The first-order valence-electron chi connectivity index (χ1n) is 6.60. The number of likely N-dealkylation sites (N-methyl/N-ethyl adjacent to an activating group) is 1. The first-order valence-corrected chi connectivity index (χ1v) is 6.60. The van der Waals surface area contributed by atoms with Crippen molar-refractivity contribution in [2.24, 2.45) is 0 Å². The van der Waals surface area contributed by atoms with E-state index in [1.807, 2.05) is 27.8 Å². The summed E-state index contributed by atoms with van der Waals surface area (Å²) >= 11 is 0. The molecule has 0 aliphatic heterocycles. The number of rotatable bonds is 6. The number of carbonyl (C=O) groups excluding carboxylic acids is 1. The normalized spacial score (nSPS) is 11.6. The zero-order chi connectivity index (χ0) is 14.4. The third-order valence-electron chi connectivity index (χ3n) is 3.15. The van der Waals surface area contributed by atoms with Crippen molar-refractivity contribution in [2.75, 3.05) is 13.6 Å². The van der Waals surface area contributed by atoms with Gasteiger partial charge in [0.1, 0.15) is 5.56 Å². The minimum Gasteiger partial charge on any atom is -0.350 e. The number of halogens is 1. The molecule has 3 N–H and O–H groups in total. The van der Waals surface area contributed by atoms with Crippen LogP contribution in [0.1, 0.15) is 42.4 Å². The molecule has 1 unspecified atom stereocenters. The van der Waals surface area contributed by atoms with Gasteiger partial charge in [0, 0.05) is 12.6 Å². The molecule has 114 valence electrons. The van der Waals surface area contributed by atoms with Crippen molar-refractivity contribution in [1.29, 1.82) is 0 Å². The van der Waals surface area contributed by atoms with Gasteiger partial charge in [-0.05, 0) is 32.4 Å². The molecule has 1 heterocycles. The SMILES string of the molecule is CCc1n[nH]c(=O)c(C(=O)NCC(C)NC)c1CC.Cl. The molecule has 0 radical (unpaired) electrons. The summed E-state index contributed by atoms with van der Waals surface area (Å²) in [5.74, 6) is -0.336. The number of hydrogen-bond donors (Lipinski definition) is 3. The monoisotopic (exact) mass is 302 g/mol. The second-order valence-electron chi connectivity index (χ2n) is 4.46. The third kappa shape index (κ3) is 4.31. The summed E-state index contributed by atoms with van der Waals surface area (Å²) < 4.78 is 0. The van der Waals surface area contributed by atoms with E-state index in [-0.39, 0.29) is 29.9 Å². The molecule has 0 saturated carbocycles. The molecule has 0 fully saturated rings. The smallest absolute Gasteiger partial charge is 0.277 e. The van der Waals surface area contributed by atoms with E-state index in [0.29, 0.717) is 19.4 Å². The molecule has 1 atom stereocenters. The first-order chi connectivity index (χ1) is 9.04. The maximum Gasteiger partial charge on any atom is 0.277 e. The van der Waals surface area contributed by atoms with E-state index in [9.17, 15) is 9.59 Å². The number of aromatic nitrogens is 2. The van der Waals surface area contributed by atoms with Gasteiger partial charge in [-0.2, -0.15) is 5.10 Å². The average molecular weight is 303 g/mol. The van der Waals surface area contributed by atoms with Crippen molar-refractivity contribution >= 4 is 18.3 Å². The summed E-state index contributed by atoms with van der Waals surface area (Å²) in [7, 11) is 1.82. The van der Waals surface area contributed by atoms with E-state index in [0.717, 1.165) is 11.3 Å². The van der Waals surface area contributed by atoms with Crippen LogP contribution in [0.5, 0.6) is 0 Å². The molecular weight excluding hydrogens is 280 g/mol. The van der Waals surface area contributed by atoms with Crippen molar-refractivity contribution in [2.45, 2.75) is 39.7 Å². The Morgan fingerprint density at radius 2 is 2.00 bits per heavy atom. The van der Waals surface area contributed by atoms with Crippen LogP contribution in [0.2, 0.25) is 0 Å². The van der Waals surface area contributed by atoms with Crippen LogP contribution < -0.4 is 16.2 Å². The summed E-state index contributed by atoms with van der Waals surface area (Å²) in [5, 5.41) is 12.2. The standard InChI is InChI=1S/C13H22N4O2.ClH/c1-5-9-10(6-2)16-17-13(19)11(9)12(18)15-7-8(3)14-4;/h8,14H,5-7H2,1-4H3,(H,15,18)(H,17,19);1H. The Kier molecular flexibility index (Phi) is 8.10. The second kappa shape index (κ2) is 8.71. The summed E-state index contributed by atoms with van der Waals surface area (Å²) in [4.78, 5) is 24.0. The quantitative estimate of drug-likeness (QED) is 0.720. The van der Waals surface area contributed by atoms with Crippen LogP contribution in [0, 0.1) is 0 Å². The van der Waals surface area contributed by atoms with E-state index in [1.54, 1.807) is 0 Å². The Morgan fingerprint density at radius 3 is 2.50 bits per heavy atom. The van der Waals surface area contributed by atoms with Gasteiger partial charge < -0.3 is 10.6 Å². The van der Waals surface area contributed by atoms with Gasteiger partial charge in [-0.1, -0.05) is 13.8 Å². The van der Waals surface area contributed by atoms with E-state index in [2.05, 4.69) is 20.8 Å². The number of aryl methyl sites for hydroxylation is 1. The lowest BCUT2D eigenvalue weighted by Gasteiger charge is -2.13. The van der Waals surface area contributed by atoms with Crippen molar-refractivity contribution in [3.63, 3.8) is 0 Å². The lowest BCUT2D eigenvalue weighted by molar-refractivity contribution is 0.0947. The molecule has 0 aromatic carbocycles. The molecule has 1 aromatic rings. The zero-order valence-corrected chi connectivity index (χ0v) is 13.2. The number of carbonyl (C=O) groups is 1. The van der Waals surface area contributed by atoms with E-state index in [1.165, 1.54) is 0 Å². The number of H-pyrrole nitrogens is 1. The van der Waals surface area contributed by atoms with Crippen molar-refractivity contribution < 1.29 is 4.79 Å². The van der Waals surface area contributed by atoms with E-state index < -0.39 is 5.56 Å². The average Bonchev–Trinajstić information content (AvgIpc) is 2.43. The third-order valence-corrected chi connectivity index (χ3v) is 3.15. The molecule has 0 aliphatic carbocycles. The number of amides is 1. The van der Waals surface area contributed by atoms with Gasteiger partial charge in [0.05, 0.1) is 5.69 Å². The minimum absolute atomic E-state index is 0. The molecule has 0 spiro atoms. The van der Waals surface area contributed by atoms with Crippen LogP contribution in [0.25, 0.3) is 0 Å². The summed E-state index contributed by atoms with van der Waals surface area (Å²) in [6.45, 7) is 6.30. The lowest BCUT2D eigenvalue weighted by atomic mass is 10.0. The van der Waals surface area contributed by atoms with E-state index >= 15 is 0 Å². The largest absolute Gasteiger partial charge is 0.350 e. The molecule has 0 aliphatic rings. The van der Waals surface area contributed by atoms with Crippen LogP contribution in [0.3, 0.4) is 0 Å². The Balaban J connectivity index is 0.00000361. The molecule has 1 amide bonds. The summed E-state index contributed by atoms with van der Waals surface area (Å²) in [6, 6.07) is 0.153. The van der Waals surface area contributed by atoms with Crippen LogP contribution in [0.4, 0.5) is 0 Å². The maximum absolute atomic E-state index is 12.1. The predicted octanol–water partition coefficient (Wildman–Crippen LogP) is 0.654. The van der Waals surface area contributed by atoms with Crippen LogP contribution >= 0.6 is 12.4 Å². The number of nitrogens with zero attached hydrogens (tertiary/aromatic N) is 1. The zero-order valence-electron chi connectivity index (χ0n) is 12.4. The number of nitrogens with one attached hydrogen (secondary N) is 3. The van der Waals surface area contributed by atoms with Crippen LogP contribution in [-0.4, -0.2) is 35.7 Å². The Morgan fingerprint density at radius 1 is 1.35 bits per heavy atom. The van der Waals surface area contributed by atoms with Gasteiger partial charge in [-0.3, -0.25) is 9.59 Å². The van der Waals surface area contributed by atoms with Gasteiger partial charge >= 0.3 is 0 Å². The minimum atomic E-state index is -0.427. The van der Waals surface area contributed by atoms with E-state index in [4.69, 9.17) is 0 Å². The molecule has 20 heavy (non-hydrogen) atoms. The summed E-state index contributed by atoms with van der Waals surface area (Å²) in [5.41, 5.74) is 1.27. The topological polar surface area (TPSA) is 86.9 Å². The molecule has 0 saturated heterocycles. The highest BCUT2D eigenvalue weighted by Crippen LogP contribution is 2.09. The van der Waals surface area contributed by atoms with Gasteiger partial charge in [0.25, 0.3) is 11.5 Å². The Bertz CT molecular complexity index is 502. The molecular formula is C13H23ClN4O2. The van der Waals surface area contributed by atoms with Gasteiger partial charge in [0.2, 0.25) is 0 Å². The van der Waals surface area contributed by atoms with Crippen molar-refractivity contribution in [3.05, 3.63) is 27.2 Å². The van der Waals surface area contributed by atoms with Crippen LogP contribution in [-0.2, 0) is 12.8 Å². The fraction of sp³-hybridized carbons (Fsp3) is 0.615. The molecule has 7 heteroatoms. The van der Waals surface area contributed by atoms with Crippen molar-refractivity contribution in [1.82, 2.24) is 20.8 Å². The maximum atomic E-state index is 12.1. The molecule has 1 rings (SSSR count). The van der Waals surface area contributed by atoms with Gasteiger partial charge in [-0.25, -0.2) is 5.10 Å². The first kappa shape index (κ1) is 18.6. The molecule has 6 nitrogen and oxygen atoms in total. The fourth-order valence-electron chi connectivity index (χ4n) is 1.87. The Labute approximate surface area is 125 Å². The number of hydrogen-bond acceptors (Lipinski definition) is 4. The highest BCUT2D eigenvalue weighted by Gasteiger charge is 2.18. The van der Waals surface area contributed by atoms with Crippen molar-refractivity contribution in [3.8, 4) is 0 Å². The highest BCUT2D eigenvalue weighted by molar-refractivity contribution is 5.95.